The number of nitrogen functional groups attached to an aromatic ring is 2. The van der Waals surface area contributed by atoms with E-state index in [4.69, 9.17) is 23.1 Å². The van der Waals surface area contributed by atoms with Crippen LogP contribution in [0.25, 0.3) is 10.4 Å². The minimum Gasteiger partial charge on any atom is -0.399 e. The molecule has 4 N–H and O–H groups in total. The van der Waals surface area contributed by atoms with Gasteiger partial charge in [-0.25, -0.2) is 0 Å². The van der Waals surface area contributed by atoms with Crippen molar-refractivity contribution in [3.8, 4) is 10.4 Å². The highest BCUT2D eigenvalue weighted by Gasteiger charge is 2.07. The van der Waals surface area contributed by atoms with E-state index >= 15 is 0 Å². The zero-order chi connectivity index (χ0) is 10.1. The Labute approximate surface area is 91.1 Å². The van der Waals surface area contributed by atoms with Crippen molar-refractivity contribution in [2.45, 2.75) is 0 Å². The van der Waals surface area contributed by atoms with Gasteiger partial charge in [0.25, 0.3) is 0 Å². The van der Waals surface area contributed by atoms with E-state index in [0.717, 1.165) is 10.4 Å². The van der Waals surface area contributed by atoms with E-state index in [1.807, 2.05) is 23.6 Å². The average Bonchev–Trinajstić information content (AvgIpc) is 2.63. The van der Waals surface area contributed by atoms with Crippen LogP contribution in [0.3, 0.4) is 0 Å². The fraction of sp³-hybridized carbons (Fsp3) is 0. The van der Waals surface area contributed by atoms with Crippen molar-refractivity contribution < 1.29 is 0 Å². The van der Waals surface area contributed by atoms with E-state index in [1.54, 1.807) is 17.4 Å². The molecule has 1 heterocycles. The third-order valence-electron chi connectivity index (χ3n) is 1.94. The summed E-state index contributed by atoms with van der Waals surface area (Å²) < 4.78 is 0. The van der Waals surface area contributed by atoms with Crippen molar-refractivity contribution in [2.24, 2.45) is 0 Å². The Bertz CT molecular complexity index is 451. The van der Waals surface area contributed by atoms with E-state index in [2.05, 4.69) is 0 Å². The van der Waals surface area contributed by atoms with Gasteiger partial charge in [0, 0.05) is 16.1 Å². The maximum absolute atomic E-state index is 5.94. The molecule has 0 saturated heterocycles. The van der Waals surface area contributed by atoms with Crippen LogP contribution in [0.1, 0.15) is 0 Å². The highest BCUT2D eigenvalue weighted by molar-refractivity contribution is 7.13. The molecule has 0 fully saturated rings. The van der Waals surface area contributed by atoms with E-state index in [9.17, 15) is 0 Å². The van der Waals surface area contributed by atoms with Gasteiger partial charge in [0.1, 0.15) is 0 Å². The number of nitrogens with two attached hydrogens (primary N) is 2. The summed E-state index contributed by atoms with van der Waals surface area (Å²) >= 11 is 7.55. The van der Waals surface area contributed by atoms with Gasteiger partial charge in [-0.1, -0.05) is 17.7 Å². The van der Waals surface area contributed by atoms with Gasteiger partial charge in [-0.05, 0) is 23.6 Å². The van der Waals surface area contributed by atoms with Crippen molar-refractivity contribution in [3.63, 3.8) is 0 Å². The molecule has 0 amide bonds. The van der Waals surface area contributed by atoms with Crippen LogP contribution in [0, 0.1) is 0 Å². The van der Waals surface area contributed by atoms with Gasteiger partial charge < -0.3 is 11.5 Å². The lowest BCUT2D eigenvalue weighted by atomic mass is 10.1. The maximum atomic E-state index is 5.94. The molecular weight excluding hydrogens is 216 g/mol. The minimum atomic E-state index is 0.508. The third kappa shape index (κ3) is 1.56. The molecule has 1 aromatic carbocycles. The normalized spacial score (nSPS) is 10.4. The lowest BCUT2D eigenvalue weighted by Gasteiger charge is -2.06. The first-order valence-corrected chi connectivity index (χ1v) is 5.32. The number of thiophene rings is 1. The van der Waals surface area contributed by atoms with Crippen LogP contribution >= 0.6 is 22.9 Å². The highest BCUT2D eigenvalue weighted by Crippen LogP contribution is 2.36. The summed E-state index contributed by atoms with van der Waals surface area (Å²) in [7, 11) is 0. The number of rotatable bonds is 1. The van der Waals surface area contributed by atoms with Crippen LogP contribution in [0.5, 0.6) is 0 Å². The monoisotopic (exact) mass is 224 g/mol. The van der Waals surface area contributed by atoms with Crippen molar-refractivity contribution in [3.05, 3.63) is 34.7 Å². The zero-order valence-corrected chi connectivity index (χ0v) is 8.90. The molecule has 0 bridgehead atoms. The van der Waals surface area contributed by atoms with E-state index in [1.165, 1.54) is 0 Å². The van der Waals surface area contributed by atoms with Gasteiger partial charge in [0.05, 0.1) is 10.7 Å². The molecule has 2 rings (SSSR count). The predicted molar refractivity (Wildman–Crippen MR) is 63.6 cm³/mol. The van der Waals surface area contributed by atoms with Crippen LogP contribution in [0.2, 0.25) is 5.02 Å². The van der Waals surface area contributed by atoms with Crippen molar-refractivity contribution in [1.29, 1.82) is 0 Å². The molecule has 2 nitrogen and oxygen atoms in total. The van der Waals surface area contributed by atoms with Gasteiger partial charge >= 0.3 is 0 Å². The standard InChI is InChI=1S/C10H9ClN2S/c11-8-5-6(12)4-7(10(8)13)9-2-1-3-14-9/h1-5H,12-13H2. The third-order valence-corrected chi connectivity index (χ3v) is 3.15. The second-order valence-electron chi connectivity index (χ2n) is 2.94. The molecule has 0 unspecified atom stereocenters. The summed E-state index contributed by atoms with van der Waals surface area (Å²) in [5, 5.41) is 2.50. The summed E-state index contributed by atoms with van der Waals surface area (Å²) in [5.41, 5.74) is 13.7. The number of benzene rings is 1. The molecule has 0 saturated carbocycles. The number of anilines is 2. The molecule has 1 aromatic heterocycles. The molecule has 0 spiro atoms. The summed E-state index contributed by atoms with van der Waals surface area (Å²) in [4.78, 5) is 1.08. The first-order chi connectivity index (χ1) is 6.68. The number of hydrogen-bond donors (Lipinski definition) is 2. The van der Waals surface area contributed by atoms with Crippen molar-refractivity contribution >= 4 is 34.3 Å². The molecule has 0 aliphatic rings. The SMILES string of the molecule is Nc1cc(Cl)c(N)c(-c2cccs2)c1. The number of halogens is 1. The summed E-state index contributed by atoms with van der Waals surface area (Å²) in [5.74, 6) is 0. The van der Waals surface area contributed by atoms with Gasteiger partial charge in [-0.2, -0.15) is 0 Å². The van der Waals surface area contributed by atoms with Crippen LogP contribution in [-0.2, 0) is 0 Å². The molecule has 2 aromatic rings. The molecular formula is C10H9ClN2S. The molecule has 0 radical (unpaired) electrons. The first kappa shape index (κ1) is 9.37. The average molecular weight is 225 g/mol. The fourth-order valence-electron chi connectivity index (χ4n) is 1.27. The molecule has 0 atom stereocenters. The largest absolute Gasteiger partial charge is 0.399 e. The Morgan fingerprint density at radius 3 is 2.64 bits per heavy atom. The smallest absolute Gasteiger partial charge is 0.0662 e. The summed E-state index contributed by atoms with van der Waals surface area (Å²) in [6.45, 7) is 0. The molecule has 4 heteroatoms. The highest BCUT2D eigenvalue weighted by atomic mass is 35.5. The Kier molecular flexibility index (Phi) is 2.35. The molecule has 72 valence electrons. The van der Waals surface area contributed by atoms with Gasteiger partial charge in [0.2, 0.25) is 0 Å². The number of hydrogen-bond acceptors (Lipinski definition) is 3. The quantitative estimate of drug-likeness (QED) is 0.731. The predicted octanol–water partition coefficient (Wildman–Crippen LogP) is 3.23. The second-order valence-corrected chi connectivity index (χ2v) is 4.30. The first-order valence-electron chi connectivity index (χ1n) is 4.07. The van der Waals surface area contributed by atoms with E-state index in [0.29, 0.717) is 16.4 Å². The van der Waals surface area contributed by atoms with Crippen molar-refractivity contribution in [1.82, 2.24) is 0 Å². The van der Waals surface area contributed by atoms with Crippen LogP contribution in [-0.4, -0.2) is 0 Å². The fourth-order valence-corrected chi connectivity index (χ4v) is 2.26. The zero-order valence-electron chi connectivity index (χ0n) is 7.33. The molecule has 14 heavy (non-hydrogen) atoms. The van der Waals surface area contributed by atoms with Gasteiger partial charge in [-0.3, -0.25) is 0 Å². The van der Waals surface area contributed by atoms with Crippen LogP contribution in [0.15, 0.2) is 29.6 Å². The van der Waals surface area contributed by atoms with Gasteiger partial charge in [-0.15, -0.1) is 11.3 Å². The van der Waals surface area contributed by atoms with E-state index in [-0.39, 0.29) is 0 Å². The molecule has 0 aliphatic carbocycles. The Balaban J connectivity index is 2.64. The van der Waals surface area contributed by atoms with Crippen LogP contribution in [0.4, 0.5) is 11.4 Å². The lowest BCUT2D eigenvalue weighted by Crippen LogP contribution is -1.93. The Morgan fingerprint density at radius 2 is 2.00 bits per heavy atom. The van der Waals surface area contributed by atoms with E-state index < -0.39 is 0 Å². The maximum Gasteiger partial charge on any atom is 0.0662 e. The van der Waals surface area contributed by atoms with Crippen LogP contribution < -0.4 is 11.5 Å². The Hall–Kier alpha value is -1.19. The van der Waals surface area contributed by atoms with Gasteiger partial charge in [0.15, 0.2) is 0 Å². The topological polar surface area (TPSA) is 52.0 Å². The molecule has 0 aliphatic heterocycles. The minimum absolute atomic E-state index is 0.508. The second kappa shape index (κ2) is 3.52. The summed E-state index contributed by atoms with van der Waals surface area (Å²) in [6, 6.07) is 7.46. The lowest BCUT2D eigenvalue weighted by molar-refractivity contribution is 1.66. The Morgan fingerprint density at radius 1 is 1.21 bits per heavy atom. The summed E-state index contributed by atoms with van der Waals surface area (Å²) in [6.07, 6.45) is 0. The van der Waals surface area contributed by atoms with Crippen molar-refractivity contribution in [2.75, 3.05) is 11.5 Å².